The van der Waals surface area contributed by atoms with Crippen LogP contribution in [-0.2, 0) is 21.0 Å². The third-order valence-corrected chi connectivity index (χ3v) is 5.63. The number of rotatable bonds is 5. The Morgan fingerprint density at radius 3 is 2.52 bits per heavy atom. The van der Waals surface area contributed by atoms with Crippen molar-refractivity contribution in [1.29, 1.82) is 0 Å². The Kier molecular flexibility index (Phi) is 5.53. The molecule has 1 aliphatic heterocycles. The second-order valence-electron chi connectivity index (χ2n) is 5.72. The van der Waals surface area contributed by atoms with Gasteiger partial charge < -0.3 is 10.6 Å². The molecule has 1 amide bonds. The van der Waals surface area contributed by atoms with Gasteiger partial charge in [0.25, 0.3) is 0 Å². The Labute approximate surface area is 129 Å². The van der Waals surface area contributed by atoms with E-state index in [9.17, 15) is 9.00 Å². The predicted octanol–water partition coefficient (Wildman–Crippen LogP) is 1.19. The van der Waals surface area contributed by atoms with Crippen LogP contribution in [0.15, 0.2) is 30.3 Å². The fraction of sp³-hybridized carbons (Fsp3) is 0.562. The van der Waals surface area contributed by atoms with Gasteiger partial charge in [0, 0.05) is 28.9 Å². The van der Waals surface area contributed by atoms with Crippen LogP contribution in [0.2, 0.25) is 0 Å². The first kappa shape index (κ1) is 16.2. The minimum absolute atomic E-state index is 0.0245. The van der Waals surface area contributed by atoms with E-state index in [1.165, 1.54) is 0 Å². The summed E-state index contributed by atoms with van der Waals surface area (Å²) < 4.78 is 11.4. The number of nitrogens with one attached hydrogen (secondary N) is 2. The molecular weight excluding hydrogens is 284 g/mol. The second-order valence-corrected chi connectivity index (χ2v) is 7.52. The van der Waals surface area contributed by atoms with Gasteiger partial charge in [-0.25, -0.2) is 0 Å². The van der Waals surface area contributed by atoms with Crippen molar-refractivity contribution < 1.29 is 9.00 Å². The molecule has 2 atom stereocenters. The van der Waals surface area contributed by atoms with Crippen molar-refractivity contribution in [1.82, 2.24) is 10.6 Å². The number of hydrogen-bond donors (Lipinski definition) is 2. The van der Waals surface area contributed by atoms with Gasteiger partial charge in [-0.15, -0.1) is 0 Å². The number of amides is 1. The Balaban J connectivity index is 2.16. The molecule has 1 aromatic carbocycles. The predicted molar refractivity (Wildman–Crippen MR) is 86.8 cm³/mol. The van der Waals surface area contributed by atoms with Gasteiger partial charge in [-0.2, -0.15) is 0 Å². The number of piperidine rings is 1. The molecule has 21 heavy (non-hydrogen) atoms. The van der Waals surface area contributed by atoms with Crippen molar-refractivity contribution >= 4 is 16.7 Å². The third kappa shape index (κ3) is 3.71. The lowest BCUT2D eigenvalue weighted by Crippen LogP contribution is -2.51. The van der Waals surface area contributed by atoms with Crippen molar-refractivity contribution in [3.63, 3.8) is 0 Å². The molecule has 116 valence electrons. The van der Waals surface area contributed by atoms with E-state index >= 15 is 0 Å². The van der Waals surface area contributed by atoms with Gasteiger partial charge in [0.15, 0.2) is 0 Å². The summed E-state index contributed by atoms with van der Waals surface area (Å²) in [4.78, 5) is 12.8. The van der Waals surface area contributed by atoms with E-state index in [1.54, 1.807) is 6.26 Å². The van der Waals surface area contributed by atoms with Gasteiger partial charge in [0.05, 0.1) is 5.41 Å². The molecule has 0 aromatic heterocycles. The van der Waals surface area contributed by atoms with E-state index < -0.39 is 16.2 Å². The summed E-state index contributed by atoms with van der Waals surface area (Å²) in [7, 11) is -0.917. The molecule has 0 aliphatic carbocycles. The van der Waals surface area contributed by atoms with E-state index in [2.05, 4.69) is 10.6 Å². The molecule has 2 rings (SSSR count). The highest BCUT2D eigenvalue weighted by molar-refractivity contribution is 7.84. The zero-order chi connectivity index (χ0) is 15.3. The zero-order valence-electron chi connectivity index (χ0n) is 12.7. The van der Waals surface area contributed by atoms with Crippen LogP contribution in [-0.4, -0.2) is 41.3 Å². The molecule has 0 spiro atoms. The SMILES string of the molecule is CC(CNC(=O)C1(c2ccccc2)CCNCC1)S(C)=O. The largest absolute Gasteiger partial charge is 0.354 e. The van der Waals surface area contributed by atoms with Crippen LogP contribution in [0.1, 0.15) is 25.3 Å². The smallest absolute Gasteiger partial charge is 0.230 e. The van der Waals surface area contributed by atoms with Crippen LogP contribution < -0.4 is 10.6 Å². The standard InChI is InChI=1S/C16H24N2O2S/c1-13(21(2)20)12-18-15(19)16(8-10-17-11-9-16)14-6-4-3-5-7-14/h3-7,13,17H,8-12H2,1-2H3,(H,18,19). The first-order chi connectivity index (χ1) is 10.1. The Morgan fingerprint density at radius 2 is 1.95 bits per heavy atom. The highest BCUT2D eigenvalue weighted by Gasteiger charge is 2.40. The lowest BCUT2D eigenvalue weighted by atomic mass is 9.72. The van der Waals surface area contributed by atoms with E-state index in [1.807, 2.05) is 37.3 Å². The summed E-state index contributed by atoms with van der Waals surface area (Å²) in [5.41, 5.74) is 0.621. The first-order valence-electron chi connectivity index (χ1n) is 7.43. The van der Waals surface area contributed by atoms with Crippen molar-refractivity contribution in [2.24, 2.45) is 0 Å². The van der Waals surface area contributed by atoms with Gasteiger partial charge in [-0.1, -0.05) is 30.3 Å². The molecule has 0 bridgehead atoms. The fourth-order valence-corrected chi connectivity index (χ4v) is 3.10. The number of carbonyl (C=O) groups is 1. The first-order valence-corrected chi connectivity index (χ1v) is 9.05. The molecule has 1 heterocycles. The van der Waals surface area contributed by atoms with Gasteiger partial charge in [-0.05, 0) is 38.4 Å². The summed E-state index contributed by atoms with van der Waals surface area (Å²) in [6, 6.07) is 10.0. The van der Waals surface area contributed by atoms with E-state index in [0.29, 0.717) is 6.54 Å². The quantitative estimate of drug-likeness (QED) is 0.859. The Morgan fingerprint density at radius 1 is 1.33 bits per heavy atom. The second kappa shape index (κ2) is 7.18. The van der Waals surface area contributed by atoms with Gasteiger partial charge in [-0.3, -0.25) is 9.00 Å². The van der Waals surface area contributed by atoms with E-state index in [0.717, 1.165) is 31.5 Å². The number of benzene rings is 1. The van der Waals surface area contributed by atoms with Crippen molar-refractivity contribution in [3.8, 4) is 0 Å². The van der Waals surface area contributed by atoms with E-state index in [-0.39, 0.29) is 11.2 Å². The van der Waals surface area contributed by atoms with Crippen LogP contribution in [0.25, 0.3) is 0 Å². The molecule has 1 saturated heterocycles. The summed E-state index contributed by atoms with van der Waals surface area (Å²) in [5, 5.41) is 6.31. The molecule has 4 nitrogen and oxygen atoms in total. The monoisotopic (exact) mass is 308 g/mol. The summed E-state index contributed by atoms with van der Waals surface area (Å²) in [6.45, 7) is 4.05. The molecule has 2 N–H and O–H groups in total. The van der Waals surface area contributed by atoms with Crippen LogP contribution in [0.4, 0.5) is 0 Å². The maximum atomic E-state index is 12.8. The molecule has 1 aliphatic rings. The van der Waals surface area contributed by atoms with Crippen molar-refractivity contribution in [2.75, 3.05) is 25.9 Å². The number of carbonyl (C=O) groups excluding carboxylic acids is 1. The maximum absolute atomic E-state index is 12.8. The molecule has 2 unspecified atom stereocenters. The molecule has 0 radical (unpaired) electrons. The lowest BCUT2D eigenvalue weighted by molar-refractivity contribution is -0.127. The van der Waals surface area contributed by atoms with Crippen molar-refractivity contribution in [3.05, 3.63) is 35.9 Å². The lowest BCUT2D eigenvalue weighted by Gasteiger charge is -2.37. The average Bonchev–Trinajstić information content (AvgIpc) is 2.53. The zero-order valence-corrected chi connectivity index (χ0v) is 13.5. The highest BCUT2D eigenvalue weighted by Crippen LogP contribution is 2.33. The third-order valence-electron chi connectivity index (χ3n) is 4.33. The topological polar surface area (TPSA) is 58.2 Å². The number of hydrogen-bond acceptors (Lipinski definition) is 3. The minimum atomic E-state index is -0.917. The van der Waals surface area contributed by atoms with Gasteiger partial charge >= 0.3 is 0 Å². The molecule has 1 aromatic rings. The molecule has 1 fully saturated rings. The summed E-state index contributed by atoms with van der Waals surface area (Å²) >= 11 is 0. The van der Waals surface area contributed by atoms with Crippen LogP contribution in [0, 0.1) is 0 Å². The van der Waals surface area contributed by atoms with Gasteiger partial charge in [0.1, 0.15) is 0 Å². The maximum Gasteiger partial charge on any atom is 0.230 e. The molecular formula is C16H24N2O2S. The normalized spacial score (nSPS) is 20.5. The van der Waals surface area contributed by atoms with E-state index in [4.69, 9.17) is 0 Å². The fourth-order valence-electron chi connectivity index (χ4n) is 2.78. The van der Waals surface area contributed by atoms with Crippen molar-refractivity contribution in [2.45, 2.75) is 30.4 Å². The molecule has 5 heteroatoms. The average molecular weight is 308 g/mol. The van der Waals surface area contributed by atoms with Crippen LogP contribution in [0.3, 0.4) is 0 Å². The van der Waals surface area contributed by atoms with Crippen LogP contribution in [0.5, 0.6) is 0 Å². The Bertz CT molecular complexity index is 498. The minimum Gasteiger partial charge on any atom is -0.354 e. The van der Waals surface area contributed by atoms with Gasteiger partial charge in [0.2, 0.25) is 5.91 Å². The molecule has 0 saturated carbocycles. The highest BCUT2D eigenvalue weighted by atomic mass is 32.2. The van der Waals surface area contributed by atoms with Crippen LogP contribution >= 0.6 is 0 Å². The summed E-state index contributed by atoms with van der Waals surface area (Å²) in [5.74, 6) is 0.0625. The summed E-state index contributed by atoms with van der Waals surface area (Å²) in [6.07, 6.45) is 3.27. The Hall–Kier alpha value is -1.20.